The summed E-state index contributed by atoms with van der Waals surface area (Å²) in [6.45, 7) is 0. The van der Waals surface area contributed by atoms with E-state index >= 15 is 0 Å². The predicted molar refractivity (Wildman–Crippen MR) is 50.1 cm³/mol. The van der Waals surface area contributed by atoms with E-state index in [9.17, 15) is 0 Å². The van der Waals surface area contributed by atoms with Gasteiger partial charge in [0.2, 0.25) is 0 Å². The van der Waals surface area contributed by atoms with Gasteiger partial charge in [-0.1, -0.05) is 12.5 Å². The van der Waals surface area contributed by atoms with Gasteiger partial charge in [0.15, 0.2) is 0 Å². The summed E-state index contributed by atoms with van der Waals surface area (Å²) < 4.78 is 0. The van der Waals surface area contributed by atoms with Gasteiger partial charge in [0.05, 0.1) is 12.5 Å². The molecule has 1 fully saturated rings. The maximum Gasteiger partial charge on any atom is 0.0670 e. The van der Waals surface area contributed by atoms with E-state index in [1.807, 2.05) is 18.3 Å². The Morgan fingerprint density at radius 3 is 3.00 bits per heavy atom. The molecule has 0 aliphatic heterocycles. The normalized spacial score (nSPS) is 16.2. The minimum atomic E-state index is 0.500. The van der Waals surface area contributed by atoms with Crippen molar-refractivity contribution in [2.45, 2.75) is 31.6 Å². The van der Waals surface area contributed by atoms with Gasteiger partial charge in [-0.2, -0.15) is 5.26 Å². The summed E-state index contributed by atoms with van der Waals surface area (Å²) in [5, 5.41) is 8.64. The highest BCUT2D eigenvalue weighted by Gasteiger charge is 2.22. The van der Waals surface area contributed by atoms with Crippen LogP contribution in [0.2, 0.25) is 0 Å². The van der Waals surface area contributed by atoms with Gasteiger partial charge in [0.25, 0.3) is 0 Å². The van der Waals surface area contributed by atoms with Crippen molar-refractivity contribution >= 4 is 0 Å². The van der Waals surface area contributed by atoms with Crippen LogP contribution in [-0.2, 0) is 6.42 Å². The predicted octanol–water partition coefficient (Wildman–Crippen LogP) is 2.42. The molecule has 0 N–H and O–H groups in total. The Labute approximate surface area is 78.2 Å². The van der Waals surface area contributed by atoms with Crippen LogP contribution in [0.5, 0.6) is 0 Å². The first-order chi connectivity index (χ1) is 6.42. The van der Waals surface area contributed by atoms with Crippen molar-refractivity contribution in [2.75, 3.05) is 0 Å². The van der Waals surface area contributed by atoms with E-state index in [1.54, 1.807) is 0 Å². The van der Waals surface area contributed by atoms with Gasteiger partial charge in [-0.3, -0.25) is 4.98 Å². The van der Waals surface area contributed by atoms with Crippen LogP contribution in [0, 0.1) is 11.3 Å². The molecule has 1 aliphatic rings. The van der Waals surface area contributed by atoms with Crippen LogP contribution in [0.4, 0.5) is 0 Å². The number of rotatable bonds is 2. The van der Waals surface area contributed by atoms with E-state index in [-0.39, 0.29) is 0 Å². The van der Waals surface area contributed by atoms with Crippen LogP contribution in [-0.4, -0.2) is 4.98 Å². The summed E-state index contributed by atoms with van der Waals surface area (Å²) in [7, 11) is 0. The van der Waals surface area contributed by atoms with Gasteiger partial charge in [-0.15, -0.1) is 0 Å². The number of hydrogen-bond acceptors (Lipinski definition) is 2. The van der Waals surface area contributed by atoms with Crippen LogP contribution in [0.1, 0.15) is 36.4 Å². The zero-order valence-corrected chi connectivity index (χ0v) is 7.53. The fourth-order valence-corrected chi connectivity index (χ4v) is 1.73. The number of nitrogens with zero attached hydrogens (tertiary/aromatic N) is 2. The lowest BCUT2D eigenvalue weighted by Crippen LogP contribution is -2.12. The Morgan fingerprint density at radius 1 is 1.54 bits per heavy atom. The molecule has 1 aliphatic carbocycles. The second-order valence-electron chi connectivity index (χ2n) is 3.51. The molecule has 0 aromatic carbocycles. The highest BCUT2D eigenvalue weighted by molar-refractivity contribution is 5.27. The van der Waals surface area contributed by atoms with Crippen molar-refractivity contribution in [3.8, 4) is 6.07 Å². The molecule has 0 amide bonds. The van der Waals surface area contributed by atoms with Crippen LogP contribution in [0.15, 0.2) is 18.3 Å². The lowest BCUT2D eigenvalue weighted by Gasteiger charge is -2.26. The number of hydrogen-bond donors (Lipinski definition) is 0. The van der Waals surface area contributed by atoms with Gasteiger partial charge in [0.1, 0.15) is 0 Å². The Hall–Kier alpha value is -1.36. The third kappa shape index (κ3) is 1.55. The molecule has 0 saturated heterocycles. The second kappa shape index (κ2) is 3.57. The van der Waals surface area contributed by atoms with E-state index in [4.69, 9.17) is 5.26 Å². The molecule has 0 atom stereocenters. The number of aromatic nitrogens is 1. The molecule has 66 valence electrons. The van der Waals surface area contributed by atoms with Gasteiger partial charge in [0, 0.05) is 17.8 Å². The minimum Gasteiger partial charge on any atom is -0.261 e. The fourth-order valence-electron chi connectivity index (χ4n) is 1.73. The van der Waals surface area contributed by atoms with Gasteiger partial charge in [-0.25, -0.2) is 0 Å². The summed E-state index contributed by atoms with van der Waals surface area (Å²) in [6, 6.07) is 6.12. The van der Waals surface area contributed by atoms with Crippen LogP contribution < -0.4 is 0 Å². The van der Waals surface area contributed by atoms with Crippen LogP contribution in [0.3, 0.4) is 0 Å². The summed E-state index contributed by atoms with van der Waals surface area (Å²) >= 11 is 0. The lowest BCUT2D eigenvalue weighted by atomic mass is 9.81. The maximum atomic E-state index is 8.64. The number of nitriles is 1. The summed E-state index contributed by atoms with van der Waals surface area (Å²) in [5.74, 6) is 0.629. The van der Waals surface area contributed by atoms with E-state index in [1.165, 1.54) is 19.3 Å². The van der Waals surface area contributed by atoms with Gasteiger partial charge in [-0.05, 0) is 24.5 Å². The van der Waals surface area contributed by atoms with Crippen molar-refractivity contribution < 1.29 is 0 Å². The highest BCUT2D eigenvalue weighted by Crippen LogP contribution is 2.36. The second-order valence-corrected chi connectivity index (χ2v) is 3.51. The summed E-state index contributed by atoms with van der Waals surface area (Å²) in [4.78, 5) is 4.37. The van der Waals surface area contributed by atoms with Crippen molar-refractivity contribution in [1.82, 2.24) is 4.98 Å². The topological polar surface area (TPSA) is 36.7 Å². The van der Waals surface area contributed by atoms with Gasteiger partial charge >= 0.3 is 0 Å². The molecule has 2 heteroatoms. The zero-order valence-electron chi connectivity index (χ0n) is 7.53. The first-order valence-corrected chi connectivity index (χ1v) is 4.72. The average molecular weight is 172 g/mol. The van der Waals surface area contributed by atoms with Crippen molar-refractivity contribution in [3.05, 3.63) is 29.6 Å². The van der Waals surface area contributed by atoms with E-state index in [2.05, 4.69) is 11.1 Å². The monoisotopic (exact) mass is 172 g/mol. The Kier molecular flexibility index (Phi) is 2.27. The van der Waals surface area contributed by atoms with Crippen molar-refractivity contribution in [1.29, 1.82) is 5.26 Å². The molecule has 2 nitrogen and oxygen atoms in total. The summed E-state index contributed by atoms with van der Waals surface area (Å²) in [6.07, 6.45) is 6.13. The van der Waals surface area contributed by atoms with Crippen molar-refractivity contribution in [2.24, 2.45) is 0 Å². The first kappa shape index (κ1) is 8.25. The Morgan fingerprint density at radius 2 is 2.38 bits per heavy atom. The quantitative estimate of drug-likeness (QED) is 0.686. The lowest BCUT2D eigenvalue weighted by molar-refractivity contribution is 0.409. The van der Waals surface area contributed by atoms with E-state index in [0.717, 1.165) is 11.3 Å². The smallest absolute Gasteiger partial charge is 0.0670 e. The SMILES string of the molecule is N#CCc1cccnc1C1CCC1. The first-order valence-electron chi connectivity index (χ1n) is 4.72. The molecule has 0 spiro atoms. The van der Waals surface area contributed by atoms with Gasteiger partial charge < -0.3 is 0 Å². The highest BCUT2D eigenvalue weighted by atomic mass is 14.7. The molecule has 1 aromatic heterocycles. The molecule has 0 radical (unpaired) electrons. The molecule has 0 bridgehead atoms. The Bertz CT molecular complexity index is 334. The maximum absolute atomic E-state index is 8.64. The molecule has 1 saturated carbocycles. The summed E-state index contributed by atoms with van der Waals surface area (Å²) in [5.41, 5.74) is 2.28. The molecule has 1 heterocycles. The third-order valence-corrected chi connectivity index (χ3v) is 2.69. The van der Waals surface area contributed by atoms with E-state index < -0.39 is 0 Å². The molecular formula is C11H12N2. The molecule has 2 rings (SSSR count). The Balaban J connectivity index is 2.26. The molecule has 0 unspecified atom stereocenters. The minimum absolute atomic E-state index is 0.500. The van der Waals surface area contributed by atoms with Crippen LogP contribution in [0.25, 0.3) is 0 Å². The largest absolute Gasteiger partial charge is 0.261 e. The average Bonchev–Trinajstić information content (AvgIpc) is 2.05. The number of pyridine rings is 1. The van der Waals surface area contributed by atoms with Crippen molar-refractivity contribution in [3.63, 3.8) is 0 Å². The van der Waals surface area contributed by atoms with Crippen LogP contribution >= 0.6 is 0 Å². The fraction of sp³-hybridized carbons (Fsp3) is 0.455. The standard InChI is InChI=1S/C11H12N2/c12-7-6-10-5-2-8-13-11(10)9-3-1-4-9/h2,5,8-9H,1,3-4,6H2. The third-order valence-electron chi connectivity index (χ3n) is 2.69. The molecule has 13 heavy (non-hydrogen) atoms. The zero-order chi connectivity index (χ0) is 9.10. The molecular weight excluding hydrogens is 160 g/mol. The molecule has 1 aromatic rings. The van der Waals surface area contributed by atoms with E-state index in [0.29, 0.717) is 12.3 Å².